The molecule has 0 aliphatic rings. The third-order valence-electron chi connectivity index (χ3n) is 4.74. The first-order valence-electron chi connectivity index (χ1n) is 9.22. The first-order chi connectivity index (χ1) is 13.3. The molecule has 1 heterocycles. The summed E-state index contributed by atoms with van der Waals surface area (Å²) in [7, 11) is 0. The number of aromatic nitrogens is 1. The normalized spacial score (nSPS) is 12.5. The minimum Gasteiger partial charge on any atom is -0.480 e. The molecule has 5 heteroatoms. The fourth-order valence-electron chi connectivity index (χ4n) is 3.10. The summed E-state index contributed by atoms with van der Waals surface area (Å²) in [6.07, 6.45) is 1.83. The van der Waals surface area contributed by atoms with Crippen LogP contribution in [0.2, 0.25) is 0 Å². The topological polar surface area (TPSA) is 79.3 Å². The Hall–Kier alpha value is -3.21. The lowest BCUT2D eigenvalue weighted by atomic mass is 9.86. The quantitative estimate of drug-likeness (QED) is 0.706. The summed E-state index contributed by atoms with van der Waals surface area (Å²) in [5, 5.41) is 13.1. The minimum absolute atomic E-state index is 0.0281. The summed E-state index contributed by atoms with van der Waals surface area (Å²) in [6, 6.07) is 15.8. The third-order valence-corrected chi connectivity index (χ3v) is 4.74. The molecule has 1 amide bonds. The smallest absolute Gasteiger partial charge is 0.326 e. The Balaban J connectivity index is 1.79. The molecule has 0 fully saturated rings. The highest BCUT2D eigenvalue weighted by atomic mass is 16.4. The Labute approximate surface area is 164 Å². The maximum absolute atomic E-state index is 12.7. The Morgan fingerprint density at radius 1 is 1.04 bits per heavy atom. The molecule has 3 aromatic rings. The summed E-state index contributed by atoms with van der Waals surface area (Å²) in [5.74, 6) is -1.51. The van der Waals surface area contributed by atoms with E-state index in [1.54, 1.807) is 24.4 Å². The van der Waals surface area contributed by atoms with Crippen molar-refractivity contribution in [1.29, 1.82) is 0 Å². The van der Waals surface area contributed by atoms with Gasteiger partial charge in [-0.1, -0.05) is 63.2 Å². The van der Waals surface area contributed by atoms with Crippen LogP contribution in [0.3, 0.4) is 0 Å². The van der Waals surface area contributed by atoms with Gasteiger partial charge in [0.1, 0.15) is 6.04 Å². The fraction of sp³-hybridized carbons (Fsp3) is 0.261. The van der Waals surface area contributed by atoms with Gasteiger partial charge in [0.25, 0.3) is 5.91 Å². The summed E-state index contributed by atoms with van der Waals surface area (Å²) < 4.78 is 0. The average Bonchev–Trinajstić information content (AvgIpc) is 2.66. The molecule has 28 heavy (non-hydrogen) atoms. The number of hydrogen-bond donors (Lipinski definition) is 2. The van der Waals surface area contributed by atoms with Crippen molar-refractivity contribution in [3.05, 3.63) is 77.5 Å². The lowest BCUT2D eigenvalue weighted by Crippen LogP contribution is -2.42. The molecule has 2 N–H and O–H groups in total. The van der Waals surface area contributed by atoms with Crippen LogP contribution < -0.4 is 5.32 Å². The number of pyridine rings is 1. The molecule has 0 unspecified atom stereocenters. The van der Waals surface area contributed by atoms with Gasteiger partial charge < -0.3 is 10.4 Å². The number of benzene rings is 2. The second-order valence-corrected chi connectivity index (χ2v) is 7.90. The second kappa shape index (κ2) is 7.80. The van der Waals surface area contributed by atoms with Crippen LogP contribution in [-0.2, 0) is 16.6 Å². The average molecular weight is 376 g/mol. The number of aliphatic carboxylic acids is 1. The number of carbonyl (C=O) groups is 2. The van der Waals surface area contributed by atoms with E-state index in [4.69, 9.17) is 0 Å². The zero-order valence-corrected chi connectivity index (χ0v) is 16.3. The number of rotatable bonds is 5. The van der Waals surface area contributed by atoms with Crippen molar-refractivity contribution >= 4 is 22.8 Å². The number of amides is 1. The maximum Gasteiger partial charge on any atom is 0.326 e. The van der Waals surface area contributed by atoms with Crippen molar-refractivity contribution in [1.82, 2.24) is 10.3 Å². The minimum atomic E-state index is -1.07. The summed E-state index contributed by atoms with van der Waals surface area (Å²) in [5.41, 5.74) is 2.99. The number of nitrogens with one attached hydrogen (secondary N) is 1. The van der Waals surface area contributed by atoms with Gasteiger partial charge in [0.15, 0.2) is 0 Å². The molecule has 0 spiro atoms. The molecule has 0 aliphatic heterocycles. The van der Waals surface area contributed by atoms with E-state index in [1.807, 2.05) is 36.4 Å². The summed E-state index contributed by atoms with van der Waals surface area (Å²) in [6.45, 7) is 6.38. The van der Waals surface area contributed by atoms with Crippen LogP contribution in [0, 0.1) is 0 Å². The molecule has 3 rings (SSSR count). The van der Waals surface area contributed by atoms with Gasteiger partial charge >= 0.3 is 5.97 Å². The molecule has 5 nitrogen and oxygen atoms in total. The highest BCUT2D eigenvalue weighted by molar-refractivity contribution is 6.06. The highest BCUT2D eigenvalue weighted by Gasteiger charge is 2.23. The molecule has 0 aliphatic carbocycles. The van der Waals surface area contributed by atoms with E-state index in [9.17, 15) is 14.7 Å². The van der Waals surface area contributed by atoms with Crippen molar-refractivity contribution in [3.8, 4) is 0 Å². The number of nitrogens with zero attached hydrogens (tertiary/aromatic N) is 1. The van der Waals surface area contributed by atoms with E-state index in [0.717, 1.165) is 10.9 Å². The Morgan fingerprint density at radius 2 is 1.71 bits per heavy atom. The fourth-order valence-corrected chi connectivity index (χ4v) is 3.10. The van der Waals surface area contributed by atoms with Gasteiger partial charge in [0.05, 0.1) is 11.1 Å². The van der Waals surface area contributed by atoms with Gasteiger partial charge in [-0.15, -0.1) is 0 Å². The van der Waals surface area contributed by atoms with Crippen molar-refractivity contribution in [2.75, 3.05) is 0 Å². The Bertz CT molecular complexity index is 999. The molecule has 2 aromatic carbocycles. The van der Waals surface area contributed by atoms with Crippen molar-refractivity contribution < 1.29 is 14.7 Å². The van der Waals surface area contributed by atoms with E-state index < -0.39 is 17.9 Å². The van der Waals surface area contributed by atoms with Crippen LogP contribution in [-0.4, -0.2) is 28.0 Å². The number of hydrogen-bond acceptors (Lipinski definition) is 3. The van der Waals surface area contributed by atoms with Gasteiger partial charge in [-0.25, -0.2) is 4.79 Å². The Kier molecular flexibility index (Phi) is 5.45. The standard InChI is InChI=1S/C23H24N2O3/c1-23(2,3)17-11-9-15(10-12-17)14-19(22(27)28)25-21(26)18-8-4-6-16-7-5-13-24-20(16)18/h4-13,19H,14H2,1-3H3,(H,25,26)(H,27,28)/t19-/m1/s1. The third kappa shape index (κ3) is 4.36. The molecule has 0 saturated carbocycles. The number of carboxylic acid groups (broad SMARTS) is 1. The van der Waals surface area contributed by atoms with E-state index in [1.165, 1.54) is 5.56 Å². The Morgan fingerprint density at radius 3 is 2.36 bits per heavy atom. The molecular formula is C23H24N2O3. The molecule has 144 valence electrons. The monoisotopic (exact) mass is 376 g/mol. The van der Waals surface area contributed by atoms with Gasteiger partial charge in [-0.3, -0.25) is 9.78 Å². The van der Waals surface area contributed by atoms with E-state index >= 15 is 0 Å². The maximum atomic E-state index is 12.7. The predicted octanol–water partition coefficient (Wildman–Crippen LogP) is 3.96. The number of carboxylic acids is 1. The van der Waals surface area contributed by atoms with Crippen LogP contribution in [0.1, 0.15) is 42.3 Å². The van der Waals surface area contributed by atoms with E-state index in [2.05, 4.69) is 31.1 Å². The first kappa shape index (κ1) is 19.5. The van der Waals surface area contributed by atoms with Crippen molar-refractivity contribution in [2.45, 2.75) is 38.6 Å². The van der Waals surface area contributed by atoms with E-state index in [-0.39, 0.29) is 11.8 Å². The number of fused-ring (bicyclic) bond motifs is 1. The van der Waals surface area contributed by atoms with E-state index in [0.29, 0.717) is 11.1 Å². The highest BCUT2D eigenvalue weighted by Crippen LogP contribution is 2.22. The van der Waals surface area contributed by atoms with Crippen LogP contribution in [0.4, 0.5) is 0 Å². The molecular weight excluding hydrogens is 352 g/mol. The SMILES string of the molecule is CC(C)(C)c1ccc(C[C@@H](NC(=O)c2cccc3cccnc23)C(=O)O)cc1. The largest absolute Gasteiger partial charge is 0.480 e. The predicted molar refractivity (Wildman–Crippen MR) is 109 cm³/mol. The van der Waals surface area contributed by atoms with Crippen molar-refractivity contribution in [2.24, 2.45) is 0 Å². The van der Waals surface area contributed by atoms with Crippen LogP contribution >= 0.6 is 0 Å². The molecule has 0 saturated heterocycles. The van der Waals surface area contributed by atoms with Gasteiger partial charge in [-0.2, -0.15) is 0 Å². The van der Waals surface area contributed by atoms with Crippen LogP contribution in [0.15, 0.2) is 60.8 Å². The summed E-state index contributed by atoms with van der Waals surface area (Å²) >= 11 is 0. The zero-order valence-electron chi connectivity index (χ0n) is 16.3. The number of para-hydroxylation sites is 1. The molecule has 1 aromatic heterocycles. The zero-order chi connectivity index (χ0) is 20.3. The molecule has 1 atom stereocenters. The van der Waals surface area contributed by atoms with Crippen LogP contribution in [0.5, 0.6) is 0 Å². The summed E-state index contributed by atoms with van der Waals surface area (Å²) in [4.78, 5) is 28.7. The number of carbonyl (C=O) groups excluding carboxylic acids is 1. The van der Waals surface area contributed by atoms with Gasteiger partial charge in [-0.05, 0) is 28.7 Å². The van der Waals surface area contributed by atoms with Crippen LogP contribution in [0.25, 0.3) is 10.9 Å². The first-order valence-corrected chi connectivity index (χ1v) is 9.22. The molecule has 0 bridgehead atoms. The van der Waals surface area contributed by atoms with Gasteiger partial charge in [0.2, 0.25) is 0 Å². The van der Waals surface area contributed by atoms with Gasteiger partial charge in [0, 0.05) is 18.0 Å². The molecule has 0 radical (unpaired) electrons. The lowest BCUT2D eigenvalue weighted by molar-refractivity contribution is -0.139. The lowest BCUT2D eigenvalue weighted by Gasteiger charge is -2.20. The second-order valence-electron chi connectivity index (χ2n) is 7.90. The van der Waals surface area contributed by atoms with Crippen molar-refractivity contribution in [3.63, 3.8) is 0 Å².